The molecule has 1 aliphatic heterocycles. The average Bonchev–Trinajstić information content (AvgIpc) is 3.01. The van der Waals surface area contributed by atoms with Crippen LogP contribution in [0.25, 0.3) is 11.2 Å². The van der Waals surface area contributed by atoms with Gasteiger partial charge in [-0.05, 0) is 0 Å². The Labute approximate surface area is 129 Å². The molecule has 1 aliphatic rings. The number of imidazole rings is 1. The van der Waals surface area contributed by atoms with Crippen molar-refractivity contribution in [3.63, 3.8) is 0 Å². The van der Waals surface area contributed by atoms with Crippen LogP contribution in [0.5, 0.6) is 0 Å². The summed E-state index contributed by atoms with van der Waals surface area (Å²) in [5, 5.41) is 20.1. The zero-order valence-corrected chi connectivity index (χ0v) is 12.4. The Morgan fingerprint density at radius 2 is 1.96 bits per heavy atom. The van der Waals surface area contributed by atoms with Crippen molar-refractivity contribution in [2.75, 3.05) is 12.3 Å². The number of nitrogen functional groups attached to an aromatic ring is 1. The van der Waals surface area contributed by atoms with E-state index in [1.54, 1.807) is 0 Å². The van der Waals surface area contributed by atoms with Gasteiger partial charge in [0.2, 0.25) is 0 Å². The first-order chi connectivity index (χ1) is 10.8. The minimum absolute atomic E-state index is 0.150. The van der Waals surface area contributed by atoms with Crippen molar-refractivity contribution < 1.29 is 34.2 Å². The number of hydrogen-bond donors (Lipinski definition) is 6. The molecular weight excluding hydrogens is 333 g/mol. The third-order valence-electron chi connectivity index (χ3n) is 3.41. The fourth-order valence-electron chi connectivity index (χ4n) is 2.33. The molecule has 12 nitrogen and oxygen atoms in total. The predicted octanol–water partition coefficient (Wildman–Crippen LogP) is -2.30. The van der Waals surface area contributed by atoms with Crippen molar-refractivity contribution in [1.82, 2.24) is 19.5 Å². The largest absolute Gasteiger partial charge is 0.567 e. The van der Waals surface area contributed by atoms with Crippen LogP contribution in [0, 0.1) is 0 Å². The maximum Gasteiger partial charge on any atom is 0.567 e. The first-order valence-electron chi connectivity index (χ1n) is 6.44. The zero-order chi connectivity index (χ0) is 16.8. The number of hydrogen-bond acceptors (Lipinski definition) is 11. The highest BCUT2D eigenvalue weighted by molar-refractivity contribution is 7.53. The average molecular weight is 348 g/mol. The summed E-state index contributed by atoms with van der Waals surface area (Å²) < 4.78 is 11.2. The van der Waals surface area contributed by atoms with E-state index in [9.17, 15) is 10.2 Å². The van der Waals surface area contributed by atoms with E-state index in [4.69, 9.17) is 25.2 Å². The molecule has 4 atom stereocenters. The van der Waals surface area contributed by atoms with E-state index >= 15 is 0 Å². The van der Waals surface area contributed by atoms with E-state index in [1.807, 2.05) is 0 Å². The van der Waals surface area contributed by atoms with E-state index in [0.717, 1.165) is 0 Å². The molecule has 3 rings (SSSR count). The van der Waals surface area contributed by atoms with Crippen LogP contribution in [0.3, 0.4) is 0 Å². The van der Waals surface area contributed by atoms with Crippen LogP contribution < -0.4 is 5.73 Å². The third kappa shape index (κ3) is 3.11. The van der Waals surface area contributed by atoms with Crippen LogP contribution in [0.2, 0.25) is 0 Å². The molecule has 23 heavy (non-hydrogen) atoms. The SMILES string of the molecule is Nc1ncnc2c1ncn2[C@@H]1O[C@H](CO[P+](O)(O)O)[C@@H](O)[C@H]1O. The lowest BCUT2D eigenvalue weighted by Gasteiger charge is -2.16. The normalized spacial score (nSPS) is 28.6. The van der Waals surface area contributed by atoms with Gasteiger partial charge in [0.05, 0.1) is 6.33 Å². The van der Waals surface area contributed by atoms with Gasteiger partial charge in [-0.15, -0.1) is 0 Å². The Kier molecular flexibility index (Phi) is 4.16. The number of nitrogens with zero attached hydrogens (tertiary/aromatic N) is 4. The number of ether oxygens (including phenoxy) is 1. The Morgan fingerprint density at radius 3 is 2.65 bits per heavy atom. The fraction of sp³-hybridized carbons (Fsp3) is 0.500. The second-order valence-electron chi connectivity index (χ2n) is 4.94. The second-order valence-corrected chi connectivity index (χ2v) is 6.22. The van der Waals surface area contributed by atoms with Gasteiger partial charge in [0.1, 0.15) is 36.8 Å². The van der Waals surface area contributed by atoms with Crippen LogP contribution in [0.1, 0.15) is 6.23 Å². The van der Waals surface area contributed by atoms with E-state index in [0.29, 0.717) is 11.2 Å². The predicted molar refractivity (Wildman–Crippen MR) is 75.2 cm³/mol. The summed E-state index contributed by atoms with van der Waals surface area (Å²) in [5.74, 6) is 0.150. The molecule has 0 radical (unpaired) electrons. The van der Waals surface area contributed by atoms with Gasteiger partial charge in [-0.2, -0.15) is 19.2 Å². The van der Waals surface area contributed by atoms with Crippen molar-refractivity contribution in [3.8, 4) is 0 Å². The van der Waals surface area contributed by atoms with Crippen molar-refractivity contribution in [1.29, 1.82) is 0 Å². The Bertz CT molecular complexity index is 706. The van der Waals surface area contributed by atoms with Gasteiger partial charge < -0.3 is 20.7 Å². The molecule has 0 saturated carbocycles. The molecule has 2 aromatic rings. The smallest absolute Gasteiger partial charge is 0.387 e. The molecule has 0 aromatic carbocycles. The number of rotatable bonds is 4. The molecule has 3 heterocycles. The molecule has 1 fully saturated rings. The summed E-state index contributed by atoms with van der Waals surface area (Å²) in [5.41, 5.74) is 6.28. The lowest BCUT2D eigenvalue weighted by molar-refractivity contribution is -0.0523. The Morgan fingerprint density at radius 1 is 1.22 bits per heavy atom. The van der Waals surface area contributed by atoms with Crippen LogP contribution in [-0.4, -0.2) is 69.3 Å². The summed E-state index contributed by atoms with van der Waals surface area (Å²) in [6.45, 7) is -0.532. The zero-order valence-electron chi connectivity index (χ0n) is 11.5. The molecule has 0 spiro atoms. The summed E-state index contributed by atoms with van der Waals surface area (Å²) in [6, 6.07) is 0. The molecule has 0 aliphatic carbocycles. The van der Waals surface area contributed by atoms with Gasteiger partial charge in [0, 0.05) is 0 Å². The topological polar surface area (TPSA) is 189 Å². The van der Waals surface area contributed by atoms with Crippen molar-refractivity contribution in [2.24, 2.45) is 0 Å². The van der Waals surface area contributed by atoms with E-state index in [1.165, 1.54) is 17.2 Å². The molecule has 0 bridgehead atoms. The number of nitrogens with two attached hydrogens (primary N) is 1. The molecule has 0 amide bonds. The molecular formula is C10H15N5O7P+. The molecule has 126 valence electrons. The minimum atomic E-state index is -4.47. The van der Waals surface area contributed by atoms with Crippen molar-refractivity contribution in [2.45, 2.75) is 24.5 Å². The monoisotopic (exact) mass is 348 g/mol. The highest BCUT2D eigenvalue weighted by Gasteiger charge is 2.47. The molecule has 7 N–H and O–H groups in total. The maximum absolute atomic E-state index is 10.1. The summed E-state index contributed by atoms with van der Waals surface area (Å²) in [7, 11) is -4.47. The van der Waals surface area contributed by atoms with Crippen LogP contribution >= 0.6 is 8.17 Å². The quantitative estimate of drug-likeness (QED) is 0.326. The highest BCUT2D eigenvalue weighted by atomic mass is 31.2. The van der Waals surface area contributed by atoms with Gasteiger partial charge >= 0.3 is 8.17 Å². The van der Waals surface area contributed by atoms with E-state index in [2.05, 4.69) is 19.5 Å². The molecule has 13 heteroatoms. The highest BCUT2D eigenvalue weighted by Crippen LogP contribution is 2.46. The van der Waals surface area contributed by atoms with Crippen LogP contribution in [0.4, 0.5) is 5.82 Å². The molecule has 1 saturated heterocycles. The first-order valence-corrected chi connectivity index (χ1v) is 8.01. The molecule has 2 aromatic heterocycles. The van der Waals surface area contributed by atoms with Crippen molar-refractivity contribution in [3.05, 3.63) is 12.7 Å². The van der Waals surface area contributed by atoms with Gasteiger partial charge in [0.25, 0.3) is 0 Å². The van der Waals surface area contributed by atoms with E-state index in [-0.39, 0.29) is 5.82 Å². The first kappa shape index (κ1) is 16.4. The lowest BCUT2D eigenvalue weighted by Crippen LogP contribution is -2.33. The van der Waals surface area contributed by atoms with Gasteiger partial charge in [-0.25, -0.2) is 15.0 Å². The van der Waals surface area contributed by atoms with Gasteiger partial charge in [0.15, 0.2) is 17.7 Å². The van der Waals surface area contributed by atoms with Crippen molar-refractivity contribution >= 4 is 25.2 Å². The number of aromatic nitrogens is 4. The standard InChI is InChI=1S/C10H15N5O7P/c11-8-5-9(13-2-12-8)15(3-14-5)10-7(17)6(16)4(22-10)1-21-23(18,19)20/h2-4,6-7,10,16-20H,1H2,(H2,11,12,13)/q+1/t4-,6-,7-,10-/m1/s1. The number of aliphatic hydroxyl groups is 2. The summed E-state index contributed by atoms with van der Waals surface area (Å²) in [4.78, 5) is 38.2. The third-order valence-corrected chi connectivity index (χ3v) is 3.91. The number of fused-ring (bicyclic) bond motifs is 1. The molecule has 0 unspecified atom stereocenters. The number of aliphatic hydroxyl groups excluding tert-OH is 2. The Balaban J connectivity index is 1.84. The van der Waals surface area contributed by atoms with Gasteiger partial charge in [-0.1, -0.05) is 0 Å². The van der Waals surface area contributed by atoms with Gasteiger partial charge in [-0.3, -0.25) is 4.57 Å². The van der Waals surface area contributed by atoms with Crippen LogP contribution in [0.15, 0.2) is 12.7 Å². The summed E-state index contributed by atoms with van der Waals surface area (Å²) >= 11 is 0. The number of anilines is 1. The van der Waals surface area contributed by atoms with Crippen LogP contribution in [-0.2, 0) is 9.26 Å². The second kappa shape index (κ2) is 5.85. The minimum Gasteiger partial charge on any atom is -0.387 e. The maximum atomic E-state index is 10.1. The Hall–Kier alpha value is -1.50. The summed E-state index contributed by atoms with van der Waals surface area (Å²) in [6.07, 6.45) is -2.36. The van der Waals surface area contributed by atoms with E-state index < -0.39 is 39.3 Å². The lowest BCUT2D eigenvalue weighted by atomic mass is 10.1. The fourth-order valence-corrected chi connectivity index (χ4v) is 2.67.